The maximum atomic E-state index is 11.3. The summed E-state index contributed by atoms with van der Waals surface area (Å²) in [5, 5.41) is 11.3. The van der Waals surface area contributed by atoms with E-state index in [2.05, 4.69) is 18.8 Å². The number of hydrogen-bond donors (Lipinski definition) is 1. The highest BCUT2D eigenvalue weighted by molar-refractivity contribution is 5.86. The number of imidazole rings is 1. The molecule has 108 valence electrons. The van der Waals surface area contributed by atoms with E-state index in [-0.39, 0.29) is 5.69 Å². The van der Waals surface area contributed by atoms with Gasteiger partial charge >= 0.3 is 0 Å². The molecule has 0 aliphatic carbocycles. The van der Waals surface area contributed by atoms with Gasteiger partial charge in [-0.15, -0.1) is 0 Å². The highest BCUT2D eigenvalue weighted by Crippen LogP contribution is 2.11. The average molecular weight is 275 g/mol. The summed E-state index contributed by atoms with van der Waals surface area (Å²) in [7, 11) is 0. The van der Waals surface area contributed by atoms with E-state index in [1.807, 2.05) is 28.8 Å². The van der Waals surface area contributed by atoms with E-state index in [0.717, 1.165) is 31.6 Å². The molecule has 1 N–H and O–H groups in total. The number of quaternary nitrogens is 1. The number of carbonyl (C=O) groups excluding carboxylic acids is 1. The van der Waals surface area contributed by atoms with Crippen LogP contribution in [0, 0.1) is 0 Å². The maximum absolute atomic E-state index is 11.3. The van der Waals surface area contributed by atoms with Gasteiger partial charge in [0.15, 0.2) is 0 Å². The third kappa shape index (κ3) is 2.99. The van der Waals surface area contributed by atoms with Crippen LogP contribution in [0.4, 0.5) is 0 Å². The van der Waals surface area contributed by atoms with Crippen molar-refractivity contribution in [1.82, 2.24) is 9.38 Å². The minimum Gasteiger partial charge on any atom is -0.543 e. The van der Waals surface area contributed by atoms with Crippen LogP contribution in [0.2, 0.25) is 0 Å². The Morgan fingerprint density at radius 2 is 2.20 bits per heavy atom. The van der Waals surface area contributed by atoms with Crippen LogP contribution in [-0.2, 0) is 6.54 Å². The molecule has 20 heavy (non-hydrogen) atoms. The van der Waals surface area contributed by atoms with Crippen molar-refractivity contribution in [2.24, 2.45) is 0 Å². The van der Waals surface area contributed by atoms with Gasteiger partial charge in [0.05, 0.1) is 19.1 Å². The first-order valence-electron chi connectivity index (χ1n) is 7.18. The minimum atomic E-state index is -1.20. The number of pyridine rings is 1. The van der Waals surface area contributed by atoms with Gasteiger partial charge in [-0.3, -0.25) is 4.40 Å². The second-order valence-corrected chi connectivity index (χ2v) is 5.01. The van der Waals surface area contributed by atoms with Crippen LogP contribution < -0.4 is 10.0 Å². The molecule has 0 saturated heterocycles. The summed E-state index contributed by atoms with van der Waals surface area (Å²) in [5.41, 5.74) is 1.46. The van der Waals surface area contributed by atoms with Crippen molar-refractivity contribution in [3.05, 3.63) is 35.8 Å². The molecule has 5 nitrogen and oxygen atoms in total. The molecular weight excluding hydrogens is 254 g/mol. The van der Waals surface area contributed by atoms with E-state index in [1.54, 1.807) is 0 Å². The molecule has 0 aliphatic heterocycles. The van der Waals surface area contributed by atoms with Gasteiger partial charge in [0.2, 0.25) is 0 Å². The summed E-state index contributed by atoms with van der Waals surface area (Å²) in [6, 6.07) is 5.55. The lowest BCUT2D eigenvalue weighted by Gasteiger charge is -2.18. The molecule has 5 heteroatoms. The smallest absolute Gasteiger partial charge is 0.137 e. The van der Waals surface area contributed by atoms with Gasteiger partial charge in [-0.1, -0.05) is 19.4 Å². The Morgan fingerprint density at radius 3 is 2.85 bits per heavy atom. The Labute approximate surface area is 118 Å². The van der Waals surface area contributed by atoms with Gasteiger partial charge in [0, 0.05) is 6.20 Å². The summed E-state index contributed by atoms with van der Waals surface area (Å²) < 4.78 is 1.85. The van der Waals surface area contributed by atoms with Crippen molar-refractivity contribution in [1.29, 1.82) is 0 Å². The normalized spacial score (nSPS) is 12.7. The zero-order chi connectivity index (χ0) is 14.5. The third-order valence-electron chi connectivity index (χ3n) is 3.62. The fourth-order valence-electron chi connectivity index (χ4n) is 2.43. The van der Waals surface area contributed by atoms with Crippen LogP contribution in [0.25, 0.3) is 5.65 Å². The van der Waals surface area contributed by atoms with Crippen LogP contribution in [0.15, 0.2) is 24.4 Å². The Balaban J connectivity index is 2.35. The molecule has 2 rings (SSSR count). The number of aromatic nitrogens is 2. The molecule has 0 bridgehead atoms. The molecule has 2 heterocycles. The second kappa shape index (κ2) is 6.52. The first kappa shape index (κ1) is 14.5. The molecule has 0 fully saturated rings. The summed E-state index contributed by atoms with van der Waals surface area (Å²) in [4.78, 5) is 16.8. The van der Waals surface area contributed by atoms with Gasteiger partial charge in [-0.2, -0.15) is 0 Å². The first-order valence-corrected chi connectivity index (χ1v) is 7.18. The van der Waals surface area contributed by atoms with Crippen molar-refractivity contribution < 1.29 is 14.8 Å². The molecule has 0 saturated carbocycles. The van der Waals surface area contributed by atoms with Crippen LogP contribution >= 0.6 is 0 Å². The number of nitrogens with one attached hydrogen (secondary N) is 1. The number of aromatic carboxylic acids is 1. The lowest BCUT2D eigenvalue weighted by Crippen LogP contribution is -3.10. The number of nitrogens with zero attached hydrogens (tertiary/aromatic N) is 2. The van der Waals surface area contributed by atoms with E-state index in [1.165, 1.54) is 4.90 Å². The molecule has 2 aromatic heterocycles. The van der Waals surface area contributed by atoms with E-state index in [0.29, 0.717) is 12.2 Å². The van der Waals surface area contributed by atoms with E-state index in [9.17, 15) is 9.90 Å². The Morgan fingerprint density at radius 1 is 1.40 bits per heavy atom. The highest BCUT2D eigenvalue weighted by atomic mass is 16.4. The van der Waals surface area contributed by atoms with E-state index in [4.69, 9.17) is 0 Å². The average Bonchev–Trinajstić information content (AvgIpc) is 2.82. The van der Waals surface area contributed by atoms with Crippen molar-refractivity contribution in [3.63, 3.8) is 0 Å². The summed E-state index contributed by atoms with van der Waals surface area (Å²) >= 11 is 0. The number of carboxylic acids is 1. The van der Waals surface area contributed by atoms with Crippen molar-refractivity contribution in [2.45, 2.75) is 33.2 Å². The molecule has 1 unspecified atom stereocenters. The molecular formula is C15H21N3O2. The second-order valence-electron chi connectivity index (χ2n) is 5.01. The molecule has 0 spiro atoms. The fraction of sp³-hybridized carbons (Fsp3) is 0.467. The van der Waals surface area contributed by atoms with Crippen LogP contribution in [0.3, 0.4) is 0 Å². The predicted molar refractivity (Wildman–Crippen MR) is 74.5 cm³/mol. The molecule has 1 atom stereocenters. The fourth-order valence-corrected chi connectivity index (χ4v) is 2.43. The number of carbonyl (C=O) groups is 1. The number of fused-ring (bicyclic) bond motifs is 1. The Hall–Kier alpha value is -1.88. The van der Waals surface area contributed by atoms with E-state index < -0.39 is 5.97 Å². The Bertz CT molecular complexity index is 592. The number of hydrogen-bond acceptors (Lipinski definition) is 3. The first-order chi connectivity index (χ1) is 9.67. The van der Waals surface area contributed by atoms with Crippen molar-refractivity contribution in [2.75, 3.05) is 13.1 Å². The van der Waals surface area contributed by atoms with E-state index >= 15 is 0 Å². The third-order valence-corrected chi connectivity index (χ3v) is 3.62. The monoisotopic (exact) mass is 275 g/mol. The van der Waals surface area contributed by atoms with Gasteiger partial charge in [0.25, 0.3) is 0 Å². The molecule has 0 aromatic carbocycles. The minimum absolute atomic E-state index is 0.0682. The van der Waals surface area contributed by atoms with Crippen molar-refractivity contribution >= 4 is 11.6 Å². The Kier molecular flexibility index (Phi) is 4.74. The largest absolute Gasteiger partial charge is 0.543 e. The van der Waals surface area contributed by atoms with Crippen LogP contribution in [0.5, 0.6) is 0 Å². The lowest BCUT2D eigenvalue weighted by molar-refractivity contribution is -0.912. The quantitative estimate of drug-likeness (QED) is 0.768. The maximum Gasteiger partial charge on any atom is 0.137 e. The predicted octanol–water partition coefficient (Wildman–Crippen LogP) is -0.0973. The highest BCUT2D eigenvalue weighted by Gasteiger charge is 2.17. The summed E-state index contributed by atoms with van der Waals surface area (Å²) in [6.45, 7) is 6.94. The zero-order valence-electron chi connectivity index (χ0n) is 12.1. The number of carboxylic acid groups (broad SMARTS) is 1. The van der Waals surface area contributed by atoms with Gasteiger partial charge in [-0.25, -0.2) is 4.98 Å². The van der Waals surface area contributed by atoms with Crippen LogP contribution in [0.1, 0.15) is 42.9 Å². The van der Waals surface area contributed by atoms with Gasteiger partial charge < -0.3 is 14.8 Å². The zero-order valence-corrected chi connectivity index (χ0v) is 12.1. The molecule has 0 amide bonds. The van der Waals surface area contributed by atoms with Gasteiger partial charge in [-0.05, 0) is 25.5 Å². The molecule has 0 radical (unpaired) electrons. The lowest BCUT2D eigenvalue weighted by atomic mass is 10.2. The standard InChI is InChI=1S/C15H21N3O2/c1-3-5-9-17(4-2)11-12-14(15(19)20)16-13-8-6-7-10-18(12)13/h6-8,10H,3-5,9,11H2,1-2H3,(H,19,20). The van der Waals surface area contributed by atoms with Crippen LogP contribution in [-0.4, -0.2) is 28.4 Å². The number of rotatable bonds is 7. The molecule has 2 aromatic rings. The SMILES string of the molecule is CCCC[NH+](CC)Cc1c(C(=O)[O-])nc2ccccn12. The van der Waals surface area contributed by atoms with Crippen molar-refractivity contribution in [3.8, 4) is 0 Å². The summed E-state index contributed by atoms with van der Waals surface area (Å²) in [6.07, 6.45) is 4.14. The number of unbranched alkanes of at least 4 members (excludes halogenated alkanes) is 1. The topological polar surface area (TPSA) is 61.9 Å². The molecule has 0 aliphatic rings. The van der Waals surface area contributed by atoms with Gasteiger partial charge in [0.1, 0.15) is 23.6 Å². The summed E-state index contributed by atoms with van der Waals surface area (Å²) in [5.74, 6) is -1.20.